The van der Waals surface area contributed by atoms with Gasteiger partial charge in [0.15, 0.2) is 11.6 Å². The third-order valence-electron chi connectivity index (χ3n) is 5.51. The summed E-state index contributed by atoms with van der Waals surface area (Å²) in [5, 5.41) is 10.2. The van der Waals surface area contributed by atoms with Crippen LogP contribution in [0.3, 0.4) is 0 Å². The van der Waals surface area contributed by atoms with Gasteiger partial charge >= 0.3 is 0 Å². The first-order valence-corrected chi connectivity index (χ1v) is 7.53. The zero-order chi connectivity index (χ0) is 13.8. The Morgan fingerprint density at radius 1 is 1.37 bits per heavy atom. The highest BCUT2D eigenvalue weighted by atomic mass is 16.6. The van der Waals surface area contributed by atoms with Crippen molar-refractivity contribution in [2.24, 2.45) is 5.92 Å². The van der Waals surface area contributed by atoms with Crippen LogP contribution in [0.5, 0.6) is 0 Å². The lowest BCUT2D eigenvalue weighted by Crippen LogP contribution is -2.63. The van der Waals surface area contributed by atoms with E-state index in [0.29, 0.717) is 12.1 Å². The van der Waals surface area contributed by atoms with Crippen LogP contribution >= 0.6 is 0 Å². The second kappa shape index (κ2) is 4.27. The van der Waals surface area contributed by atoms with E-state index in [-0.39, 0.29) is 18.1 Å². The predicted molar refractivity (Wildman–Crippen MR) is 71.7 cm³/mol. The molecular weight excluding hydrogens is 242 g/mol. The fourth-order valence-electron chi connectivity index (χ4n) is 4.57. The lowest BCUT2D eigenvalue weighted by molar-refractivity contribution is -0.247. The van der Waals surface area contributed by atoms with Crippen LogP contribution < -0.4 is 0 Å². The number of ketones is 1. The summed E-state index contributed by atoms with van der Waals surface area (Å²) in [6, 6.07) is 0.757. The largest absolute Gasteiger partial charge is 0.365 e. The monoisotopic (exact) mass is 267 g/mol. The van der Waals surface area contributed by atoms with Crippen LogP contribution in [-0.4, -0.2) is 46.3 Å². The molecule has 4 nitrogen and oxygen atoms in total. The van der Waals surface area contributed by atoms with Crippen molar-refractivity contribution in [3.8, 4) is 0 Å². The summed E-state index contributed by atoms with van der Waals surface area (Å²) in [5.41, 5.74) is -0.722. The van der Waals surface area contributed by atoms with Crippen molar-refractivity contribution in [3.63, 3.8) is 0 Å². The Morgan fingerprint density at radius 3 is 2.68 bits per heavy atom. The lowest BCUT2D eigenvalue weighted by atomic mass is 9.66. The second-order valence-electron chi connectivity index (χ2n) is 6.94. The first kappa shape index (κ1) is 13.5. The second-order valence-corrected chi connectivity index (χ2v) is 6.94. The maximum absolute atomic E-state index is 12.6. The number of Topliss-reactive ketones (excluding diaryl/α,β-unsaturated/α-hetero) is 1. The van der Waals surface area contributed by atoms with Crippen molar-refractivity contribution in [1.82, 2.24) is 4.90 Å². The number of nitrogens with zero attached hydrogens (tertiary/aromatic N) is 1. The van der Waals surface area contributed by atoms with Gasteiger partial charge in [0.25, 0.3) is 0 Å². The molecule has 0 bridgehead atoms. The van der Waals surface area contributed by atoms with Gasteiger partial charge in [0, 0.05) is 18.0 Å². The minimum absolute atomic E-state index is 0.120. The molecule has 1 spiro atoms. The normalized spacial score (nSPS) is 51.6. The van der Waals surface area contributed by atoms with Gasteiger partial charge in [-0.2, -0.15) is 0 Å². The summed E-state index contributed by atoms with van der Waals surface area (Å²) in [6.45, 7) is 3.79. The van der Waals surface area contributed by atoms with Crippen molar-refractivity contribution in [3.05, 3.63) is 0 Å². The van der Waals surface area contributed by atoms with E-state index in [1.807, 2.05) is 0 Å². The molecule has 2 aliphatic heterocycles. The molecular formula is C15H25NO3. The van der Waals surface area contributed by atoms with E-state index in [0.717, 1.165) is 19.3 Å². The molecule has 0 aromatic heterocycles. The van der Waals surface area contributed by atoms with Gasteiger partial charge in [-0.05, 0) is 40.2 Å². The maximum atomic E-state index is 12.6. The summed E-state index contributed by atoms with van der Waals surface area (Å²) in [5.74, 6) is -0.896. The molecule has 4 heteroatoms. The van der Waals surface area contributed by atoms with E-state index in [2.05, 4.69) is 18.9 Å². The number of carbonyl (C=O) groups excluding carboxylic acids is 1. The Kier molecular flexibility index (Phi) is 3.04. The molecule has 0 aromatic carbocycles. The van der Waals surface area contributed by atoms with Crippen molar-refractivity contribution >= 4 is 5.78 Å². The molecule has 19 heavy (non-hydrogen) atoms. The standard InChI is InChI=1S/C15H25NO3/c1-10-8-15(13(17)9-14(2,18)19-15)11-6-4-5-7-12(11)16(10)3/h10-12,18H,4-9H2,1-3H3/t10-,11+,12+,14?,15-/m1/s1. The van der Waals surface area contributed by atoms with Gasteiger partial charge in [0.1, 0.15) is 5.60 Å². The van der Waals surface area contributed by atoms with Crippen LogP contribution in [-0.2, 0) is 9.53 Å². The number of likely N-dealkylation sites (tertiary alicyclic amines) is 1. The molecule has 0 radical (unpaired) electrons. The Hall–Kier alpha value is -0.450. The first-order valence-electron chi connectivity index (χ1n) is 7.53. The Bertz CT molecular complexity index is 395. The van der Waals surface area contributed by atoms with E-state index in [1.54, 1.807) is 6.92 Å². The molecule has 1 aliphatic carbocycles. The average Bonchev–Trinajstić information content (AvgIpc) is 2.57. The molecule has 108 valence electrons. The van der Waals surface area contributed by atoms with E-state index >= 15 is 0 Å². The van der Waals surface area contributed by atoms with Crippen LogP contribution in [0.1, 0.15) is 52.4 Å². The molecule has 5 atom stereocenters. The summed E-state index contributed by atoms with van der Waals surface area (Å²) in [4.78, 5) is 15.0. The molecule has 2 heterocycles. The van der Waals surface area contributed by atoms with Crippen LogP contribution in [0, 0.1) is 5.92 Å². The van der Waals surface area contributed by atoms with Crippen molar-refractivity contribution in [1.29, 1.82) is 0 Å². The Morgan fingerprint density at radius 2 is 2.05 bits per heavy atom. The number of hydrogen-bond donors (Lipinski definition) is 1. The van der Waals surface area contributed by atoms with Gasteiger partial charge in [-0.1, -0.05) is 12.8 Å². The number of hydrogen-bond acceptors (Lipinski definition) is 4. The van der Waals surface area contributed by atoms with Gasteiger partial charge in [0.05, 0.1) is 6.42 Å². The summed E-state index contributed by atoms with van der Waals surface area (Å²) >= 11 is 0. The molecule has 1 unspecified atom stereocenters. The highest BCUT2D eigenvalue weighted by molar-refractivity contribution is 5.90. The number of aliphatic hydroxyl groups is 1. The van der Waals surface area contributed by atoms with E-state index in [4.69, 9.17) is 4.74 Å². The third-order valence-corrected chi connectivity index (χ3v) is 5.51. The topological polar surface area (TPSA) is 49.8 Å². The predicted octanol–water partition coefficient (Wildman–Crippen LogP) is 1.71. The summed E-state index contributed by atoms with van der Waals surface area (Å²) in [7, 11) is 2.16. The number of ether oxygens (including phenoxy) is 1. The SMILES string of the molecule is C[C@@H]1C[C@@]2(OC(C)(O)CC2=O)[C@H]2CCCC[C@@H]2N1C. The molecule has 0 aromatic rings. The van der Waals surface area contributed by atoms with Gasteiger partial charge in [-0.25, -0.2) is 0 Å². The van der Waals surface area contributed by atoms with E-state index in [1.165, 1.54) is 12.8 Å². The van der Waals surface area contributed by atoms with E-state index < -0.39 is 11.4 Å². The van der Waals surface area contributed by atoms with Crippen molar-refractivity contribution in [2.45, 2.75) is 75.8 Å². The number of rotatable bonds is 0. The van der Waals surface area contributed by atoms with Crippen LogP contribution in [0.4, 0.5) is 0 Å². The quantitative estimate of drug-likeness (QED) is 0.726. The number of carbonyl (C=O) groups is 1. The average molecular weight is 267 g/mol. The van der Waals surface area contributed by atoms with Crippen molar-refractivity contribution in [2.75, 3.05) is 7.05 Å². The molecule has 2 saturated heterocycles. The fourth-order valence-corrected chi connectivity index (χ4v) is 4.57. The van der Waals surface area contributed by atoms with Gasteiger partial charge in [0.2, 0.25) is 0 Å². The van der Waals surface area contributed by atoms with Gasteiger partial charge in [-0.15, -0.1) is 0 Å². The minimum atomic E-state index is -1.27. The number of fused-ring (bicyclic) bond motifs is 2. The Balaban J connectivity index is 1.98. The fraction of sp³-hybridized carbons (Fsp3) is 0.933. The maximum Gasteiger partial charge on any atom is 0.171 e. The molecule has 3 fully saturated rings. The van der Waals surface area contributed by atoms with E-state index in [9.17, 15) is 9.90 Å². The Labute approximate surface area is 115 Å². The molecule has 3 aliphatic rings. The smallest absolute Gasteiger partial charge is 0.171 e. The molecule has 3 rings (SSSR count). The lowest BCUT2D eigenvalue weighted by Gasteiger charge is -2.54. The van der Waals surface area contributed by atoms with Crippen LogP contribution in [0.2, 0.25) is 0 Å². The van der Waals surface area contributed by atoms with Crippen molar-refractivity contribution < 1.29 is 14.6 Å². The zero-order valence-corrected chi connectivity index (χ0v) is 12.2. The first-order chi connectivity index (χ1) is 8.86. The summed E-state index contributed by atoms with van der Waals surface area (Å²) in [6.07, 6.45) is 5.46. The molecule has 1 saturated carbocycles. The molecule has 1 N–H and O–H groups in total. The highest BCUT2D eigenvalue weighted by Gasteiger charge is 2.62. The highest BCUT2D eigenvalue weighted by Crippen LogP contribution is 2.51. The number of piperidine rings is 1. The minimum Gasteiger partial charge on any atom is -0.365 e. The summed E-state index contributed by atoms with van der Waals surface area (Å²) < 4.78 is 5.96. The van der Waals surface area contributed by atoms with Gasteiger partial charge in [-0.3, -0.25) is 4.79 Å². The van der Waals surface area contributed by atoms with Gasteiger partial charge < -0.3 is 14.7 Å². The molecule has 0 amide bonds. The van der Waals surface area contributed by atoms with Crippen LogP contribution in [0.25, 0.3) is 0 Å². The zero-order valence-electron chi connectivity index (χ0n) is 12.2. The third kappa shape index (κ3) is 1.96. The van der Waals surface area contributed by atoms with Crippen LogP contribution in [0.15, 0.2) is 0 Å².